The molecule has 1 amide bonds. The minimum Gasteiger partial charge on any atom is -0.481 e. The summed E-state index contributed by atoms with van der Waals surface area (Å²) >= 11 is 0. The van der Waals surface area contributed by atoms with Crippen LogP contribution in [0.1, 0.15) is 24.5 Å². The molecule has 0 aromatic heterocycles. The van der Waals surface area contributed by atoms with Crippen LogP contribution in [0.3, 0.4) is 0 Å². The zero-order valence-corrected chi connectivity index (χ0v) is 16.5. The highest BCUT2D eigenvalue weighted by atomic mass is 16.5. The molecule has 154 valence electrons. The van der Waals surface area contributed by atoms with Crippen molar-refractivity contribution in [3.05, 3.63) is 71.8 Å². The second kappa shape index (κ2) is 11.6. The third kappa shape index (κ3) is 7.41. The Bertz CT molecular complexity index is 791. The lowest BCUT2D eigenvalue weighted by molar-refractivity contribution is -0.147. The maximum Gasteiger partial charge on any atom is 0.307 e. The van der Waals surface area contributed by atoms with Gasteiger partial charge in [-0.1, -0.05) is 60.7 Å². The van der Waals surface area contributed by atoms with Crippen molar-refractivity contribution in [3.63, 3.8) is 0 Å². The highest BCUT2D eigenvalue weighted by Gasteiger charge is 2.34. The van der Waals surface area contributed by atoms with Gasteiger partial charge in [-0.05, 0) is 30.9 Å². The maximum absolute atomic E-state index is 12.9. The van der Waals surface area contributed by atoms with Crippen LogP contribution in [0.15, 0.2) is 60.7 Å². The highest BCUT2D eigenvalue weighted by molar-refractivity contribution is 5.85. The summed E-state index contributed by atoms with van der Waals surface area (Å²) in [7, 11) is 0. The number of carboxylic acid groups (broad SMARTS) is 1. The molecule has 2 rings (SSSR count). The number of ether oxygens (including phenoxy) is 1. The molecule has 0 aliphatic carbocycles. The molecule has 0 saturated heterocycles. The first-order chi connectivity index (χ1) is 14.0. The van der Waals surface area contributed by atoms with Crippen LogP contribution in [0.4, 0.5) is 0 Å². The van der Waals surface area contributed by atoms with Gasteiger partial charge in [0, 0.05) is 6.54 Å². The summed E-state index contributed by atoms with van der Waals surface area (Å²) in [5.74, 6) is -3.44. The number of aliphatic carboxylic acids is 1. The smallest absolute Gasteiger partial charge is 0.307 e. The Morgan fingerprint density at radius 1 is 0.897 bits per heavy atom. The molecular weight excluding hydrogens is 370 g/mol. The molecule has 0 fully saturated rings. The maximum atomic E-state index is 12.9. The van der Waals surface area contributed by atoms with E-state index in [1.54, 1.807) is 6.92 Å². The first-order valence-electron chi connectivity index (χ1n) is 9.75. The van der Waals surface area contributed by atoms with Gasteiger partial charge < -0.3 is 15.2 Å². The fourth-order valence-corrected chi connectivity index (χ4v) is 3.21. The first-order valence-corrected chi connectivity index (χ1v) is 9.75. The molecule has 6 nitrogen and oxygen atoms in total. The Morgan fingerprint density at radius 3 is 1.90 bits per heavy atom. The summed E-state index contributed by atoms with van der Waals surface area (Å²) in [6.45, 7) is 2.11. The standard InChI is InChI=1S/C23H27NO5/c1-2-29-21(25)13-14-24-22(26)19(15-17-9-5-3-6-10-17)20(23(27)28)16-18-11-7-4-8-12-18/h3-12,19-20H,2,13-16H2,1H3,(H,24,26)(H,27,28)/t19-,20-/m1/s1. The Hall–Kier alpha value is -3.15. The first kappa shape index (κ1) is 22.1. The Kier molecular flexibility index (Phi) is 8.89. The highest BCUT2D eigenvalue weighted by Crippen LogP contribution is 2.23. The van der Waals surface area contributed by atoms with Crippen LogP contribution in [-0.4, -0.2) is 36.1 Å². The minimum absolute atomic E-state index is 0.0497. The molecule has 0 aliphatic heterocycles. The Labute approximate surface area is 170 Å². The van der Waals surface area contributed by atoms with Crippen molar-refractivity contribution >= 4 is 17.8 Å². The molecule has 2 atom stereocenters. The normalized spacial score (nSPS) is 12.6. The van der Waals surface area contributed by atoms with E-state index >= 15 is 0 Å². The van der Waals surface area contributed by atoms with E-state index in [-0.39, 0.29) is 31.9 Å². The van der Waals surface area contributed by atoms with Gasteiger partial charge in [-0.25, -0.2) is 0 Å². The van der Waals surface area contributed by atoms with E-state index in [2.05, 4.69) is 5.32 Å². The van der Waals surface area contributed by atoms with Crippen LogP contribution in [0.5, 0.6) is 0 Å². The van der Waals surface area contributed by atoms with Crippen LogP contribution in [0.25, 0.3) is 0 Å². The molecule has 0 heterocycles. The minimum atomic E-state index is -1.02. The van der Waals surface area contributed by atoms with Crippen LogP contribution in [0.2, 0.25) is 0 Å². The van der Waals surface area contributed by atoms with Gasteiger partial charge >= 0.3 is 11.9 Å². The van der Waals surface area contributed by atoms with Crippen molar-refractivity contribution < 1.29 is 24.2 Å². The van der Waals surface area contributed by atoms with Crippen LogP contribution >= 0.6 is 0 Å². The SMILES string of the molecule is CCOC(=O)CCNC(=O)[C@H](Cc1ccccc1)[C@@H](Cc1ccccc1)C(=O)O. The molecule has 2 aromatic carbocycles. The Morgan fingerprint density at radius 2 is 1.41 bits per heavy atom. The summed E-state index contributed by atoms with van der Waals surface area (Å²) in [5.41, 5.74) is 1.75. The van der Waals surface area contributed by atoms with Crippen molar-refractivity contribution in [2.24, 2.45) is 11.8 Å². The summed E-state index contributed by atoms with van der Waals surface area (Å²) in [4.78, 5) is 36.5. The molecule has 29 heavy (non-hydrogen) atoms. The number of carbonyl (C=O) groups excluding carboxylic acids is 2. The number of amides is 1. The molecule has 2 N–H and O–H groups in total. The van der Waals surface area contributed by atoms with Gasteiger partial charge in [-0.3, -0.25) is 14.4 Å². The molecule has 0 saturated carbocycles. The molecule has 0 bridgehead atoms. The van der Waals surface area contributed by atoms with Gasteiger partial charge in [0.05, 0.1) is 24.9 Å². The van der Waals surface area contributed by atoms with Gasteiger partial charge in [0.15, 0.2) is 0 Å². The molecule has 0 aliphatic rings. The Balaban J connectivity index is 2.16. The van der Waals surface area contributed by atoms with Crippen LogP contribution in [-0.2, 0) is 32.0 Å². The molecule has 2 aromatic rings. The number of rotatable bonds is 11. The van der Waals surface area contributed by atoms with Gasteiger partial charge in [-0.2, -0.15) is 0 Å². The second-order valence-corrected chi connectivity index (χ2v) is 6.78. The van der Waals surface area contributed by atoms with E-state index in [9.17, 15) is 19.5 Å². The quantitative estimate of drug-likeness (QED) is 0.569. The number of esters is 1. The second-order valence-electron chi connectivity index (χ2n) is 6.78. The number of hydrogen-bond acceptors (Lipinski definition) is 4. The molecule has 0 radical (unpaired) electrons. The molecule has 0 unspecified atom stereocenters. The average Bonchev–Trinajstić information content (AvgIpc) is 2.72. The summed E-state index contributed by atoms with van der Waals surface area (Å²) < 4.78 is 4.86. The average molecular weight is 397 g/mol. The van der Waals surface area contributed by atoms with Crippen molar-refractivity contribution in [2.45, 2.75) is 26.2 Å². The van der Waals surface area contributed by atoms with Crippen molar-refractivity contribution in [1.82, 2.24) is 5.32 Å². The van der Waals surface area contributed by atoms with Crippen molar-refractivity contribution in [1.29, 1.82) is 0 Å². The lowest BCUT2D eigenvalue weighted by Crippen LogP contribution is -2.41. The van der Waals surface area contributed by atoms with Crippen LogP contribution in [0, 0.1) is 11.8 Å². The largest absolute Gasteiger partial charge is 0.481 e. The molecule has 6 heteroatoms. The van der Waals surface area contributed by atoms with Crippen molar-refractivity contribution in [3.8, 4) is 0 Å². The number of nitrogens with one attached hydrogen (secondary N) is 1. The summed E-state index contributed by atoms with van der Waals surface area (Å²) in [6, 6.07) is 18.6. The van der Waals surface area contributed by atoms with E-state index < -0.39 is 23.8 Å². The number of carbonyl (C=O) groups is 3. The number of carboxylic acids is 1. The van der Waals surface area contributed by atoms with Crippen molar-refractivity contribution in [2.75, 3.05) is 13.2 Å². The molecule has 0 spiro atoms. The lowest BCUT2D eigenvalue weighted by atomic mass is 9.82. The predicted molar refractivity (Wildman–Crippen MR) is 109 cm³/mol. The fraction of sp³-hybridized carbons (Fsp3) is 0.348. The zero-order valence-electron chi connectivity index (χ0n) is 16.5. The van der Waals surface area contributed by atoms with E-state index in [0.717, 1.165) is 11.1 Å². The topological polar surface area (TPSA) is 92.7 Å². The van der Waals surface area contributed by atoms with Gasteiger partial charge in [0.1, 0.15) is 0 Å². The monoisotopic (exact) mass is 397 g/mol. The van der Waals surface area contributed by atoms with Crippen LogP contribution < -0.4 is 5.32 Å². The van der Waals surface area contributed by atoms with Gasteiger partial charge in [0.25, 0.3) is 0 Å². The van der Waals surface area contributed by atoms with Gasteiger partial charge in [0.2, 0.25) is 5.91 Å². The van der Waals surface area contributed by atoms with E-state index in [1.165, 1.54) is 0 Å². The van der Waals surface area contributed by atoms with E-state index in [4.69, 9.17) is 4.74 Å². The van der Waals surface area contributed by atoms with E-state index in [1.807, 2.05) is 60.7 Å². The third-order valence-electron chi connectivity index (χ3n) is 4.67. The zero-order chi connectivity index (χ0) is 21.1. The molecular formula is C23H27NO5. The summed E-state index contributed by atoms with van der Waals surface area (Å²) in [6.07, 6.45) is 0.600. The summed E-state index contributed by atoms with van der Waals surface area (Å²) in [5, 5.41) is 12.6. The fourth-order valence-electron chi connectivity index (χ4n) is 3.21. The van der Waals surface area contributed by atoms with E-state index in [0.29, 0.717) is 6.42 Å². The number of benzene rings is 2. The van der Waals surface area contributed by atoms with Gasteiger partial charge in [-0.15, -0.1) is 0 Å². The number of hydrogen-bond donors (Lipinski definition) is 2. The predicted octanol–water partition coefficient (Wildman–Crippen LogP) is 2.86. The lowest BCUT2D eigenvalue weighted by Gasteiger charge is -2.24. The third-order valence-corrected chi connectivity index (χ3v) is 4.67.